The molecule has 2 aliphatic rings. The fourth-order valence-electron chi connectivity index (χ4n) is 4.09. The van der Waals surface area contributed by atoms with Crippen molar-refractivity contribution in [2.45, 2.75) is 25.2 Å². The summed E-state index contributed by atoms with van der Waals surface area (Å²) in [4.78, 5) is 30.2. The number of allylic oxidation sites excluding steroid dienone is 2. The number of nitrogens with zero attached hydrogens (tertiary/aromatic N) is 2. The van der Waals surface area contributed by atoms with Crippen molar-refractivity contribution >= 4 is 11.6 Å². The Morgan fingerprint density at radius 3 is 2.56 bits per heavy atom. The van der Waals surface area contributed by atoms with Crippen LogP contribution in [0.5, 0.6) is 0 Å². The Morgan fingerprint density at radius 2 is 1.78 bits per heavy atom. The maximum Gasteiger partial charge on any atom is 0.277 e. The van der Waals surface area contributed by atoms with Crippen LogP contribution in [0.3, 0.4) is 0 Å². The van der Waals surface area contributed by atoms with Gasteiger partial charge in [0.25, 0.3) is 5.56 Å². The average molecular weight is 358 g/mol. The van der Waals surface area contributed by atoms with Crippen LogP contribution in [0.25, 0.3) is 5.69 Å². The molecule has 0 saturated heterocycles. The van der Waals surface area contributed by atoms with Crippen LogP contribution < -0.4 is 10.9 Å². The van der Waals surface area contributed by atoms with Crippen molar-refractivity contribution in [2.75, 3.05) is 5.32 Å². The first-order valence-electron chi connectivity index (χ1n) is 9.07. The largest absolute Gasteiger partial charge is 0.343 e. The van der Waals surface area contributed by atoms with Gasteiger partial charge in [-0.2, -0.15) is 0 Å². The number of pyridine rings is 1. The van der Waals surface area contributed by atoms with Gasteiger partial charge in [0.1, 0.15) is 5.82 Å². The molecule has 0 fully saturated rings. The van der Waals surface area contributed by atoms with Gasteiger partial charge in [-0.15, -0.1) is 0 Å². The Labute approximate surface area is 155 Å². The van der Waals surface area contributed by atoms with Crippen molar-refractivity contribution in [1.29, 1.82) is 0 Å². The highest BCUT2D eigenvalue weighted by Gasteiger charge is 2.38. The molecule has 2 N–H and O–H groups in total. The molecule has 5 rings (SSSR count). The summed E-state index contributed by atoms with van der Waals surface area (Å²) in [5.74, 6) is 0.406. The molecule has 0 radical (unpaired) electrons. The monoisotopic (exact) mass is 358 g/mol. The van der Waals surface area contributed by atoms with Gasteiger partial charge in [0, 0.05) is 36.0 Å². The van der Waals surface area contributed by atoms with E-state index in [2.05, 4.69) is 15.4 Å². The average Bonchev–Trinajstić information content (AvgIpc) is 3.04. The second-order valence-corrected chi connectivity index (χ2v) is 6.88. The maximum atomic E-state index is 13.3. The molecule has 6 nitrogen and oxygen atoms in total. The van der Waals surface area contributed by atoms with Gasteiger partial charge < -0.3 is 5.32 Å². The van der Waals surface area contributed by atoms with Crippen LogP contribution in [0.1, 0.15) is 36.3 Å². The van der Waals surface area contributed by atoms with Crippen LogP contribution in [-0.4, -0.2) is 20.5 Å². The number of hydrogen-bond donors (Lipinski definition) is 2. The summed E-state index contributed by atoms with van der Waals surface area (Å²) in [6.45, 7) is 0. The molecule has 0 amide bonds. The summed E-state index contributed by atoms with van der Waals surface area (Å²) in [5.41, 5.74) is 3.75. The van der Waals surface area contributed by atoms with Gasteiger partial charge in [0.15, 0.2) is 5.78 Å². The molecule has 3 heterocycles. The Balaban J connectivity index is 1.75. The van der Waals surface area contributed by atoms with Gasteiger partial charge >= 0.3 is 0 Å². The summed E-state index contributed by atoms with van der Waals surface area (Å²) in [5, 5.41) is 6.52. The number of para-hydroxylation sites is 1. The van der Waals surface area contributed by atoms with Gasteiger partial charge in [-0.1, -0.05) is 18.2 Å². The SMILES string of the molecule is O=C1CCCC2=C1C(c1ccncc1)c1c([nH]n(-c3ccccc3)c1=O)N2. The van der Waals surface area contributed by atoms with Gasteiger partial charge in [-0.3, -0.25) is 19.7 Å². The number of hydrogen-bond acceptors (Lipinski definition) is 4. The number of benzene rings is 1. The minimum Gasteiger partial charge on any atom is -0.343 e. The van der Waals surface area contributed by atoms with E-state index in [9.17, 15) is 9.59 Å². The molecule has 27 heavy (non-hydrogen) atoms. The lowest BCUT2D eigenvalue weighted by molar-refractivity contribution is -0.116. The third-order valence-electron chi connectivity index (χ3n) is 5.29. The number of carbonyl (C=O) groups is 1. The third-order valence-corrected chi connectivity index (χ3v) is 5.29. The summed E-state index contributed by atoms with van der Waals surface area (Å²) < 4.78 is 1.54. The summed E-state index contributed by atoms with van der Waals surface area (Å²) in [6.07, 6.45) is 5.56. The molecule has 134 valence electrons. The van der Waals surface area contributed by atoms with Crippen molar-refractivity contribution in [2.24, 2.45) is 0 Å². The number of rotatable bonds is 2. The number of H-pyrrole nitrogens is 1. The highest BCUT2D eigenvalue weighted by molar-refractivity contribution is 6.00. The lowest BCUT2D eigenvalue weighted by Gasteiger charge is -2.31. The Kier molecular flexibility index (Phi) is 3.57. The van der Waals surface area contributed by atoms with Crippen LogP contribution in [0, 0.1) is 0 Å². The number of Topliss-reactive ketones (excluding diaryl/α,β-unsaturated/α-hetero) is 1. The molecule has 1 unspecified atom stereocenters. The molecule has 0 spiro atoms. The number of fused-ring (bicyclic) bond motifs is 1. The number of aromatic nitrogens is 3. The van der Waals surface area contributed by atoms with Gasteiger partial charge in [0.05, 0.1) is 11.3 Å². The van der Waals surface area contributed by atoms with E-state index in [1.165, 1.54) is 4.68 Å². The number of ketones is 1. The minimum absolute atomic E-state index is 0.114. The zero-order valence-corrected chi connectivity index (χ0v) is 14.6. The standard InChI is InChI=1S/C21H18N4O2/c26-16-8-4-7-15-18(16)17(13-9-11-22-12-10-13)19-20(23-15)24-25(21(19)27)14-5-2-1-3-6-14/h1-3,5-6,9-12,17,23-24H,4,7-8H2. The molecule has 2 aromatic heterocycles. The molecular formula is C21H18N4O2. The number of anilines is 1. The van der Waals surface area contributed by atoms with Crippen molar-refractivity contribution < 1.29 is 4.79 Å². The first kappa shape index (κ1) is 15.8. The number of carbonyl (C=O) groups excluding carboxylic acids is 1. The normalized spacial score (nSPS) is 18.7. The number of nitrogens with one attached hydrogen (secondary N) is 2. The lowest BCUT2D eigenvalue weighted by atomic mass is 9.77. The Hall–Kier alpha value is -3.41. The van der Waals surface area contributed by atoms with Crippen molar-refractivity contribution in [3.8, 4) is 5.69 Å². The summed E-state index contributed by atoms with van der Waals surface area (Å²) in [6, 6.07) is 13.2. The molecule has 0 bridgehead atoms. The molecule has 1 aromatic carbocycles. The Morgan fingerprint density at radius 1 is 1.00 bits per heavy atom. The minimum atomic E-state index is -0.374. The first-order valence-corrected chi connectivity index (χ1v) is 9.07. The highest BCUT2D eigenvalue weighted by Crippen LogP contribution is 2.43. The molecule has 1 aliphatic carbocycles. The van der Waals surface area contributed by atoms with Gasteiger partial charge in [-0.05, 0) is 42.7 Å². The van der Waals surface area contributed by atoms with Crippen LogP contribution >= 0.6 is 0 Å². The fourth-order valence-corrected chi connectivity index (χ4v) is 4.09. The molecule has 1 aliphatic heterocycles. The van der Waals surface area contributed by atoms with E-state index in [1.807, 2.05) is 42.5 Å². The van der Waals surface area contributed by atoms with Gasteiger partial charge in [0.2, 0.25) is 0 Å². The van der Waals surface area contributed by atoms with E-state index in [1.54, 1.807) is 12.4 Å². The quantitative estimate of drug-likeness (QED) is 0.738. The predicted octanol–water partition coefficient (Wildman–Crippen LogP) is 3.13. The van der Waals surface area contributed by atoms with Crippen LogP contribution in [0.2, 0.25) is 0 Å². The van der Waals surface area contributed by atoms with E-state index in [4.69, 9.17) is 0 Å². The van der Waals surface area contributed by atoms with Crippen molar-refractivity contribution in [1.82, 2.24) is 14.8 Å². The summed E-state index contributed by atoms with van der Waals surface area (Å²) >= 11 is 0. The van der Waals surface area contributed by atoms with E-state index in [0.717, 1.165) is 35.4 Å². The molecular weight excluding hydrogens is 340 g/mol. The smallest absolute Gasteiger partial charge is 0.277 e. The third kappa shape index (κ3) is 2.44. The summed E-state index contributed by atoms with van der Waals surface area (Å²) in [7, 11) is 0. The zero-order chi connectivity index (χ0) is 18.4. The van der Waals surface area contributed by atoms with Crippen molar-refractivity contribution in [3.63, 3.8) is 0 Å². The topological polar surface area (TPSA) is 79.8 Å². The molecule has 3 aromatic rings. The maximum absolute atomic E-state index is 13.3. The number of aromatic amines is 1. The molecule has 6 heteroatoms. The Bertz CT molecular complexity index is 1110. The van der Waals surface area contributed by atoms with Crippen molar-refractivity contribution in [3.05, 3.63) is 87.6 Å². The highest BCUT2D eigenvalue weighted by atomic mass is 16.1. The van der Waals surface area contributed by atoms with E-state index in [0.29, 0.717) is 17.8 Å². The molecule has 0 saturated carbocycles. The van der Waals surface area contributed by atoms with E-state index >= 15 is 0 Å². The van der Waals surface area contributed by atoms with E-state index < -0.39 is 0 Å². The first-order chi connectivity index (χ1) is 13.2. The van der Waals surface area contributed by atoms with Crippen LogP contribution in [-0.2, 0) is 4.79 Å². The second kappa shape index (κ2) is 6.09. The second-order valence-electron chi connectivity index (χ2n) is 6.88. The molecule has 1 atom stereocenters. The zero-order valence-electron chi connectivity index (χ0n) is 14.6. The van der Waals surface area contributed by atoms with E-state index in [-0.39, 0.29) is 17.3 Å². The van der Waals surface area contributed by atoms with Gasteiger partial charge in [-0.25, -0.2) is 4.68 Å². The predicted molar refractivity (Wildman–Crippen MR) is 102 cm³/mol. The van der Waals surface area contributed by atoms with Crippen LogP contribution in [0.4, 0.5) is 5.82 Å². The lowest BCUT2D eigenvalue weighted by Crippen LogP contribution is -2.29. The van der Waals surface area contributed by atoms with Crippen LogP contribution in [0.15, 0.2) is 70.9 Å². The fraction of sp³-hybridized carbons (Fsp3) is 0.190.